The minimum atomic E-state index is -0.382. The van der Waals surface area contributed by atoms with Gasteiger partial charge in [0.2, 0.25) is 6.04 Å². The van der Waals surface area contributed by atoms with E-state index in [0.29, 0.717) is 12.8 Å². The Balaban J connectivity index is 1.90. The fourth-order valence-electron chi connectivity index (χ4n) is 2.44. The molecule has 4 nitrogen and oxygen atoms in total. The first-order valence-electron chi connectivity index (χ1n) is 6.61. The molecule has 1 aliphatic rings. The van der Waals surface area contributed by atoms with E-state index in [0.717, 1.165) is 31.4 Å². The zero-order chi connectivity index (χ0) is 12.8. The number of nitrogens with zero attached hydrogens (tertiary/aromatic N) is 1. The zero-order valence-electron chi connectivity index (χ0n) is 10.5. The molecule has 0 saturated heterocycles. The second kappa shape index (κ2) is 6.38. The Bertz CT molecular complexity index is 380. The van der Waals surface area contributed by atoms with E-state index >= 15 is 0 Å². The van der Waals surface area contributed by atoms with Gasteiger partial charge in [0, 0.05) is 17.8 Å². The minimum Gasteiger partial charge on any atom is -0.490 e. The SMILES string of the molecule is O=[N+]([O-])C1CCCCC(Oc2ccccc2)CC1. The number of hydrogen-bond acceptors (Lipinski definition) is 3. The first-order chi connectivity index (χ1) is 8.75. The van der Waals surface area contributed by atoms with Gasteiger partial charge in [0.15, 0.2) is 0 Å². The van der Waals surface area contributed by atoms with Crippen LogP contribution < -0.4 is 4.74 Å². The van der Waals surface area contributed by atoms with Crippen molar-refractivity contribution in [2.24, 2.45) is 0 Å². The molecular formula is C14H19NO3. The van der Waals surface area contributed by atoms with Gasteiger partial charge in [-0.15, -0.1) is 0 Å². The van der Waals surface area contributed by atoms with Crippen molar-refractivity contribution in [3.8, 4) is 5.75 Å². The van der Waals surface area contributed by atoms with Crippen molar-refractivity contribution < 1.29 is 9.66 Å². The van der Waals surface area contributed by atoms with Crippen LogP contribution in [0.2, 0.25) is 0 Å². The van der Waals surface area contributed by atoms with Crippen LogP contribution in [0.25, 0.3) is 0 Å². The average molecular weight is 249 g/mol. The molecule has 1 aromatic rings. The van der Waals surface area contributed by atoms with Crippen molar-refractivity contribution in [1.29, 1.82) is 0 Å². The summed E-state index contributed by atoms with van der Waals surface area (Å²) in [6.07, 6.45) is 5.19. The number of hydrogen-bond donors (Lipinski definition) is 0. The fourth-order valence-corrected chi connectivity index (χ4v) is 2.44. The third-order valence-corrected chi connectivity index (χ3v) is 3.48. The number of ether oxygens (including phenoxy) is 1. The predicted octanol–water partition coefficient (Wildman–Crippen LogP) is 3.43. The highest BCUT2D eigenvalue weighted by atomic mass is 16.6. The van der Waals surface area contributed by atoms with Gasteiger partial charge < -0.3 is 4.74 Å². The van der Waals surface area contributed by atoms with Crippen molar-refractivity contribution in [3.63, 3.8) is 0 Å². The van der Waals surface area contributed by atoms with Crippen molar-refractivity contribution in [2.45, 2.75) is 50.7 Å². The standard InChI is InChI=1S/C14H19NO3/c16-15(17)12-6-4-5-9-14(11-10-12)18-13-7-2-1-3-8-13/h1-3,7-8,12,14H,4-6,9-11H2. The van der Waals surface area contributed by atoms with Gasteiger partial charge in [-0.3, -0.25) is 10.1 Å². The summed E-state index contributed by atoms with van der Waals surface area (Å²) in [5, 5.41) is 10.8. The van der Waals surface area contributed by atoms with Crippen molar-refractivity contribution in [1.82, 2.24) is 0 Å². The first kappa shape index (κ1) is 12.9. The Morgan fingerprint density at radius 2 is 1.78 bits per heavy atom. The third kappa shape index (κ3) is 3.72. The summed E-state index contributed by atoms with van der Waals surface area (Å²) in [4.78, 5) is 10.7. The van der Waals surface area contributed by atoms with Gasteiger partial charge in [-0.25, -0.2) is 0 Å². The molecule has 1 aliphatic carbocycles. The summed E-state index contributed by atoms with van der Waals surface area (Å²) in [5.41, 5.74) is 0. The fraction of sp³-hybridized carbons (Fsp3) is 0.571. The highest BCUT2D eigenvalue weighted by molar-refractivity contribution is 5.21. The van der Waals surface area contributed by atoms with E-state index in [1.165, 1.54) is 0 Å². The molecule has 98 valence electrons. The predicted molar refractivity (Wildman–Crippen MR) is 69.3 cm³/mol. The van der Waals surface area contributed by atoms with E-state index in [4.69, 9.17) is 4.74 Å². The molecule has 1 saturated carbocycles. The van der Waals surface area contributed by atoms with Crippen LogP contribution in [0.5, 0.6) is 5.75 Å². The summed E-state index contributed by atoms with van der Waals surface area (Å²) in [7, 11) is 0. The Hall–Kier alpha value is -1.58. The largest absolute Gasteiger partial charge is 0.490 e. The Morgan fingerprint density at radius 1 is 1.06 bits per heavy atom. The van der Waals surface area contributed by atoms with Crippen LogP contribution >= 0.6 is 0 Å². The van der Waals surface area contributed by atoms with Crippen LogP contribution in [0.15, 0.2) is 30.3 Å². The van der Waals surface area contributed by atoms with Gasteiger partial charge in [0.25, 0.3) is 0 Å². The van der Waals surface area contributed by atoms with E-state index < -0.39 is 0 Å². The van der Waals surface area contributed by atoms with Crippen LogP contribution in [-0.4, -0.2) is 17.1 Å². The number of rotatable bonds is 3. The quantitative estimate of drug-likeness (QED) is 0.609. The van der Waals surface area contributed by atoms with E-state index in [2.05, 4.69) is 0 Å². The smallest absolute Gasteiger partial charge is 0.213 e. The number of para-hydroxylation sites is 1. The molecule has 2 atom stereocenters. The molecular weight excluding hydrogens is 230 g/mol. The van der Waals surface area contributed by atoms with Crippen LogP contribution in [0.1, 0.15) is 38.5 Å². The minimum absolute atomic E-state index is 0.121. The molecule has 0 bridgehead atoms. The van der Waals surface area contributed by atoms with E-state index in [9.17, 15) is 10.1 Å². The molecule has 1 fully saturated rings. The molecule has 1 aromatic carbocycles. The van der Waals surface area contributed by atoms with Crippen LogP contribution in [0, 0.1) is 10.1 Å². The van der Waals surface area contributed by atoms with E-state index in [1.54, 1.807) is 0 Å². The van der Waals surface area contributed by atoms with Crippen LogP contribution in [0.3, 0.4) is 0 Å². The van der Waals surface area contributed by atoms with Gasteiger partial charge in [0.1, 0.15) is 5.75 Å². The zero-order valence-corrected chi connectivity index (χ0v) is 10.5. The lowest BCUT2D eigenvalue weighted by atomic mass is 9.95. The molecule has 0 spiro atoms. The lowest BCUT2D eigenvalue weighted by Gasteiger charge is -2.22. The second-order valence-electron chi connectivity index (χ2n) is 4.85. The molecule has 4 heteroatoms. The average Bonchev–Trinajstić information content (AvgIpc) is 2.34. The molecule has 0 radical (unpaired) electrons. The highest BCUT2D eigenvalue weighted by Gasteiger charge is 2.24. The molecule has 2 unspecified atom stereocenters. The second-order valence-corrected chi connectivity index (χ2v) is 4.85. The first-order valence-corrected chi connectivity index (χ1v) is 6.61. The summed E-state index contributed by atoms with van der Waals surface area (Å²) >= 11 is 0. The lowest BCUT2D eigenvalue weighted by Crippen LogP contribution is -2.26. The maximum atomic E-state index is 10.8. The lowest BCUT2D eigenvalue weighted by molar-refractivity contribution is -0.525. The number of nitro groups is 1. The van der Waals surface area contributed by atoms with Crippen molar-refractivity contribution >= 4 is 0 Å². The summed E-state index contributed by atoms with van der Waals surface area (Å²) < 4.78 is 5.90. The maximum Gasteiger partial charge on any atom is 0.213 e. The van der Waals surface area contributed by atoms with Crippen molar-refractivity contribution in [3.05, 3.63) is 40.4 Å². The summed E-state index contributed by atoms with van der Waals surface area (Å²) in [6, 6.07) is 9.32. The normalized spacial score (nSPS) is 24.9. The third-order valence-electron chi connectivity index (χ3n) is 3.48. The molecule has 0 heterocycles. The maximum absolute atomic E-state index is 10.8. The van der Waals surface area contributed by atoms with E-state index in [-0.39, 0.29) is 17.1 Å². The topological polar surface area (TPSA) is 52.4 Å². The number of benzene rings is 1. The van der Waals surface area contributed by atoms with Crippen LogP contribution in [-0.2, 0) is 0 Å². The van der Waals surface area contributed by atoms with Gasteiger partial charge >= 0.3 is 0 Å². The monoisotopic (exact) mass is 249 g/mol. The summed E-state index contributed by atoms with van der Waals surface area (Å²) in [6.45, 7) is 0. The van der Waals surface area contributed by atoms with Gasteiger partial charge in [-0.05, 0) is 37.8 Å². The Morgan fingerprint density at radius 3 is 2.50 bits per heavy atom. The molecule has 0 amide bonds. The molecule has 18 heavy (non-hydrogen) atoms. The molecule has 0 aliphatic heterocycles. The molecule has 0 N–H and O–H groups in total. The van der Waals surface area contributed by atoms with Gasteiger partial charge in [-0.1, -0.05) is 18.2 Å². The highest BCUT2D eigenvalue weighted by Crippen LogP contribution is 2.23. The van der Waals surface area contributed by atoms with Gasteiger partial charge in [-0.2, -0.15) is 0 Å². The Kier molecular flexibility index (Phi) is 4.56. The van der Waals surface area contributed by atoms with E-state index in [1.807, 2.05) is 30.3 Å². The Labute approximate surface area is 107 Å². The van der Waals surface area contributed by atoms with Crippen LogP contribution in [0.4, 0.5) is 0 Å². The summed E-state index contributed by atoms with van der Waals surface area (Å²) in [5.74, 6) is 0.862. The van der Waals surface area contributed by atoms with Gasteiger partial charge in [0.05, 0.1) is 6.10 Å². The van der Waals surface area contributed by atoms with Crippen molar-refractivity contribution in [2.75, 3.05) is 0 Å². The molecule has 0 aromatic heterocycles. The molecule has 2 rings (SSSR count).